The van der Waals surface area contributed by atoms with E-state index in [0.29, 0.717) is 0 Å². The van der Waals surface area contributed by atoms with Crippen LogP contribution in [0.4, 0.5) is 34.1 Å². The minimum Gasteiger partial charge on any atom is -0.310 e. The quantitative estimate of drug-likeness (QED) is 0.0806. The van der Waals surface area contributed by atoms with Crippen LogP contribution in [0.15, 0.2) is 534 Å². The first-order chi connectivity index (χ1) is 68.5. The Morgan fingerprint density at radius 3 is 0.761 bits per heavy atom. The number of rotatable bonds is 19. The molecule has 0 fully saturated rings. The zero-order valence-electron chi connectivity index (χ0n) is 75.5. The monoisotopic (exact) mass is 1760 g/mol. The van der Waals surface area contributed by atoms with Crippen molar-refractivity contribution in [3.05, 3.63) is 534 Å². The van der Waals surface area contributed by atoms with Gasteiger partial charge in [0.15, 0.2) is 0 Å². The summed E-state index contributed by atoms with van der Waals surface area (Å²) in [7, 11) is 0. The van der Waals surface area contributed by atoms with Gasteiger partial charge in [-0.2, -0.15) is 0 Å². The Bertz CT molecular complexity index is 9140. The average Bonchev–Trinajstić information content (AvgIpc) is 1.56. The van der Waals surface area contributed by atoms with Crippen LogP contribution in [0.5, 0.6) is 0 Å². The predicted molar refractivity (Wildman–Crippen MR) is 582 cm³/mol. The highest BCUT2D eigenvalue weighted by Crippen LogP contribution is 2.54. The molecule has 0 spiro atoms. The van der Waals surface area contributed by atoms with E-state index < -0.39 is 0 Å². The van der Waals surface area contributed by atoms with E-state index in [-0.39, 0.29) is 0 Å². The summed E-state index contributed by atoms with van der Waals surface area (Å²) in [6.07, 6.45) is 0. The molecule has 138 heavy (non-hydrogen) atoms. The summed E-state index contributed by atoms with van der Waals surface area (Å²) in [5.41, 5.74) is 40.3. The summed E-state index contributed by atoms with van der Waals surface area (Å²) >= 11 is 0. The summed E-state index contributed by atoms with van der Waals surface area (Å²) in [6, 6.07) is 197. The molecule has 0 radical (unpaired) electrons. The second-order valence-electron chi connectivity index (χ2n) is 35.8. The molecule has 0 amide bonds. The lowest BCUT2D eigenvalue weighted by Gasteiger charge is -2.30. The smallest absolute Gasteiger partial charge is 0.0561 e. The third-order valence-electron chi connectivity index (χ3n) is 28.0. The molecule has 0 aliphatic heterocycles. The molecule has 0 aliphatic rings. The van der Waals surface area contributed by atoms with Crippen molar-refractivity contribution in [2.45, 2.75) is 0 Å². The fourth-order valence-electron chi connectivity index (χ4n) is 21.7. The van der Waals surface area contributed by atoms with Crippen LogP contribution >= 0.6 is 0 Å². The molecule has 0 saturated heterocycles. The molecule has 0 unspecified atom stereocenters. The zero-order chi connectivity index (χ0) is 91.1. The Hall–Kier alpha value is -18.4. The molecule has 6 nitrogen and oxygen atoms in total. The summed E-state index contributed by atoms with van der Waals surface area (Å²) in [4.78, 5) is 4.98. The molecule has 22 aromatic carbocycles. The molecule has 26 rings (SSSR count). The van der Waals surface area contributed by atoms with Gasteiger partial charge in [-0.05, 0) is 241 Å². The van der Waals surface area contributed by atoms with E-state index in [1.165, 1.54) is 48.7 Å². The number of para-hydroxylation sites is 6. The van der Waals surface area contributed by atoms with Crippen LogP contribution in [0.25, 0.3) is 210 Å². The first-order valence-electron chi connectivity index (χ1n) is 47.4. The lowest BCUT2D eigenvalue weighted by Crippen LogP contribution is -2.12. The Labute approximate surface area is 800 Å². The largest absolute Gasteiger partial charge is 0.310 e. The second kappa shape index (κ2) is 34.0. The molecule has 0 bridgehead atoms. The maximum absolute atomic E-state index is 2.50. The van der Waals surface area contributed by atoms with Crippen LogP contribution in [-0.2, 0) is 0 Å². The van der Waals surface area contributed by atoms with Gasteiger partial charge in [-0.25, -0.2) is 0 Å². The molecule has 646 valence electrons. The van der Waals surface area contributed by atoms with Crippen molar-refractivity contribution in [1.82, 2.24) is 18.3 Å². The van der Waals surface area contributed by atoms with E-state index in [9.17, 15) is 0 Å². The standard InChI is InChI=1S/C132H88N6/c1-8-34-92(35-9-1)107-48-22-24-53-118(107)131-109(94-38-12-3-13-39-94)55-32-60-125(131)133(105-78-83-124-120(87-105)113-52-28-31-59-123(113)135(124)99-42-16-5-17-43-99)102-71-62-89(63-72-102)97-69-80-115-112-51-27-30-58-122(112)137(128(115)85-97)104-75-66-91(67-76-104)98-70-81-116-117-82-77-106(88-130(117)138(129(116)86-98)101-46-20-7-21-47-101)134(126-61-33-56-110(95-40-14-4-15-41-95)132(126)119-54-25-23-49-108(119)93-36-10-2-11-37-93)103-73-64-90(65-74-103)96-68-79-114-111-50-26-29-57-121(111)136(127(114)84-96)100-44-18-6-19-45-100/h1-88H. The van der Waals surface area contributed by atoms with Crippen molar-refractivity contribution in [3.63, 3.8) is 0 Å². The number of hydrogen-bond acceptors (Lipinski definition) is 2. The van der Waals surface area contributed by atoms with E-state index in [1.807, 2.05) is 0 Å². The molecular weight excluding hydrogens is 1670 g/mol. The summed E-state index contributed by atoms with van der Waals surface area (Å²) in [5, 5.41) is 9.55. The molecule has 0 aliphatic carbocycles. The number of aromatic nitrogens is 4. The van der Waals surface area contributed by atoms with Gasteiger partial charge < -0.3 is 28.1 Å². The fraction of sp³-hybridized carbons (Fsp3) is 0. The Morgan fingerprint density at radius 2 is 0.370 bits per heavy atom. The van der Waals surface area contributed by atoms with E-state index in [0.717, 1.165) is 196 Å². The lowest BCUT2D eigenvalue weighted by atomic mass is 9.87. The minimum atomic E-state index is 1.02. The third-order valence-corrected chi connectivity index (χ3v) is 28.0. The van der Waals surface area contributed by atoms with Gasteiger partial charge in [-0.1, -0.05) is 382 Å². The van der Waals surface area contributed by atoms with Gasteiger partial charge >= 0.3 is 0 Å². The molecule has 4 aromatic heterocycles. The van der Waals surface area contributed by atoms with Crippen molar-refractivity contribution in [1.29, 1.82) is 0 Å². The number of fused-ring (bicyclic) bond motifs is 12. The highest BCUT2D eigenvalue weighted by molar-refractivity contribution is 6.16. The van der Waals surface area contributed by atoms with Crippen LogP contribution in [0.3, 0.4) is 0 Å². The maximum Gasteiger partial charge on any atom is 0.0561 e. The van der Waals surface area contributed by atoms with Gasteiger partial charge in [0, 0.05) is 99.7 Å². The van der Waals surface area contributed by atoms with Crippen LogP contribution < -0.4 is 9.80 Å². The normalized spacial score (nSPS) is 11.6. The molecule has 0 saturated carbocycles. The number of hydrogen-bond donors (Lipinski definition) is 0. The van der Waals surface area contributed by atoms with Gasteiger partial charge in [-0.15, -0.1) is 0 Å². The first-order valence-corrected chi connectivity index (χ1v) is 47.4. The van der Waals surface area contributed by atoms with Crippen LogP contribution in [0.2, 0.25) is 0 Å². The predicted octanol–water partition coefficient (Wildman–Crippen LogP) is 36.0. The summed E-state index contributed by atoms with van der Waals surface area (Å²) in [6.45, 7) is 0. The van der Waals surface area contributed by atoms with Crippen molar-refractivity contribution in [3.8, 4) is 123 Å². The Kier molecular flexibility index (Phi) is 19.9. The van der Waals surface area contributed by atoms with Crippen LogP contribution in [0, 0.1) is 0 Å². The Morgan fingerprint density at radius 1 is 0.123 bits per heavy atom. The SMILES string of the molecule is c1ccc(-c2ccccc2-c2c(-c3ccccc3)cccc2N(c2ccc(-c3ccc4c5ccccc5n(-c5ccc(-c6ccc7c8ccc(N(c9ccc(-c%10ccc%11c%12ccccc%12n(-c%12ccccc%12)c%11c%10)cc9)c9cccc(-c%10ccccc%10)c9-c9ccccc9-c9ccccc9)cc8n(-c8ccccc8)c7c6)cc5)c4c3)cc2)c2ccc3c(c2)c2ccccc2n3-c2ccccc2)cc1. The van der Waals surface area contributed by atoms with E-state index in [1.54, 1.807) is 0 Å². The van der Waals surface area contributed by atoms with E-state index >= 15 is 0 Å². The van der Waals surface area contributed by atoms with Crippen molar-refractivity contribution < 1.29 is 0 Å². The van der Waals surface area contributed by atoms with Gasteiger partial charge in [0.25, 0.3) is 0 Å². The first kappa shape index (κ1) is 80.5. The fourth-order valence-corrected chi connectivity index (χ4v) is 21.7. The topological polar surface area (TPSA) is 26.2 Å². The van der Waals surface area contributed by atoms with Crippen molar-refractivity contribution in [2.75, 3.05) is 9.80 Å². The van der Waals surface area contributed by atoms with Crippen LogP contribution in [-0.4, -0.2) is 18.3 Å². The number of anilines is 6. The molecule has 0 atom stereocenters. The summed E-state index contributed by atoms with van der Waals surface area (Å²) < 4.78 is 9.73. The molecular formula is C132H88N6. The van der Waals surface area contributed by atoms with Crippen LogP contribution in [0.1, 0.15) is 0 Å². The van der Waals surface area contributed by atoms with Gasteiger partial charge in [-0.3, -0.25) is 0 Å². The minimum absolute atomic E-state index is 1.02. The molecule has 0 N–H and O–H groups in total. The molecule has 4 heterocycles. The maximum atomic E-state index is 2.50. The third kappa shape index (κ3) is 13.9. The number of nitrogens with zero attached hydrogens (tertiary/aromatic N) is 6. The van der Waals surface area contributed by atoms with Crippen molar-refractivity contribution in [2.24, 2.45) is 0 Å². The summed E-state index contributed by atoms with van der Waals surface area (Å²) in [5.74, 6) is 0. The van der Waals surface area contributed by atoms with Crippen molar-refractivity contribution >= 4 is 121 Å². The van der Waals surface area contributed by atoms with Gasteiger partial charge in [0.1, 0.15) is 0 Å². The van der Waals surface area contributed by atoms with E-state index in [4.69, 9.17) is 0 Å². The lowest BCUT2D eigenvalue weighted by molar-refractivity contribution is 1.18. The highest BCUT2D eigenvalue weighted by atomic mass is 15.2. The van der Waals surface area contributed by atoms with E-state index in [2.05, 4.69) is 562 Å². The number of benzene rings is 22. The van der Waals surface area contributed by atoms with Gasteiger partial charge in [0.05, 0.1) is 55.5 Å². The Balaban J connectivity index is 0.588. The van der Waals surface area contributed by atoms with Gasteiger partial charge in [0.2, 0.25) is 0 Å². The second-order valence-corrected chi connectivity index (χ2v) is 35.8. The average molecular weight is 1760 g/mol. The molecule has 26 aromatic rings. The molecule has 6 heteroatoms. The highest BCUT2D eigenvalue weighted by Gasteiger charge is 2.29. The zero-order valence-corrected chi connectivity index (χ0v) is 75.5.